The van der Waals surface area contributed by atoms with Crippen LogP contribution in [0, 0.1) is 6.92 Å². The van der Waals surface area contributed by atoms with E-state index in [1.807, 2.05) is 0 Å². The SMILES string of the molecule is Cc1cc(C(F)(F)F)ccc1C(O)c1ncccc1Cl. The van der Waals surface area contributed by atoms with Crippen LogP contribution in [0.2, 0.25) is 5.02 Å². The molecule has 0 fully saturated rings. The van der Waals surface area contributed by atoms with Gasteiger partial charge in [0.1, 0.15) is 6.10 Å². The first kappa shape index (κ1) is 14.8. The van der Waals surface area contributed by atoms with E-state index in [0.29, 0.717) is 11.1 Å². The largest absolute Gasteiger partial charge is 0.416 e. The van der Waals surface area contributed by atoms with E-state index in [1.54, 1.807) is 12.1 Å². The summed E-state index contributed by atoms with van der Waals surface area (Å²) < 4.78 is 37.8. The molecule has 0 radical (unpaired) electrons. The van der Waals surface area contributed by atoms with Crippen LogP contribution < -0.4 is 0 Å². The summed E-state index contributed by atoms with van der Waals surface area (Å²) in [5.41, 5.74) is 0.141. The number of hydrogen-bond donors (Lipinski definition) is 1. The predicted molar refractivity (Wildman–Crippen MR) is 69.5 cm³/mol. The number of hydrogen-bond acceptors (Lipinski definition) is 2. The normalized spacial score (nSPS) is 13.3. The van der Waals surface area contributed by atoms with Crippen LogP contribution in [0.1, 0.15) is 28.5 Å². The molecule has 0 saturated heterocycles. The van der Waals surface area contributed by atoms with Gasteiger partial charge >= 0.3 is 6.18 Å². The molecule has 1 unspecified atom stereocenters. The van der Waals surface area contributed by atoms with Gasteiger partial charge in [-0.3, -0.25) is 4.98 Å². The lowest BCUT2D eigenvalue weighted by molar-refractivity contribution is -0.137. The minimum atomic E-state index is -4.41. The second kappa shape index (κ2) is 5.42. The van der Waals surface area contributed by atoms with Crippen LogP contribution in [0.4, 0.5) is 13.2 Å². The lowest BCUT2D eigenvalue weighted by atomic mass is 9.98. The van der Waals surface area contributed by atoms with E-state index in [1.165, 1.54) is 19.2 Å². The van der Waals surface area contributed by atoms with Crippen LogP contribution in [-0.4, -0.2) is 10.1 Å². The monoisotopic (exact) mass is 301 g/mol. The summed E-state index contributed by atoms with van der Waals surface area (Å²) in [4.78, 5) is 3.96. The summed E-state index contributed by atoms with van der Waals surface area (Å²) in [7, 11) is 0. The van der Waals surface area contributed by atoms with E-state index in [2.05, 4.69) is 4.98 Å². The minimum absolute atomic E-state index is 0.219. The Bertz CT molecular complexity index is 628. The van der Waals surface area contributed by atoms with Crippen molar-refractivity contribution in [2.75, 3.05) is 0 Å². The van der Waals surface area contributed by atoms with E-state index in [0.717, 1.165) is 12.1 Å². The van der Waals surface area contributed by atoms with Gasteiger partial charge in [0.2, 0.25) is 0 Å². The van der Waals surface area contributed by atoms with Crippen molar-refractivity contribution in [3.05, 3.63) is 63.9 Å². The Balaban J connectivity index is 2.42. The quantitative estimate of drug-likeness (QED) is 0.904. The van der Waals surface area contributed by atoms with Gasteiger partial charge in [0.05, 0.1) is 16.3 Å². The Labute approximate surface area is 118 Å². The zero-order valence-electron chi connectivity index (χ0n) is 10.4. The number of rotatable bonds is 2. The van der Waals surface area contributed by atoms with Gasteiger partial charge in [-0.25, -0.2) is 0 Å². The summed E-state index contributed by atoms with van der Waals surface area (Å²) in [6, 6.07) is 6.34. The lowest BCUT2D eigenvalue weighted by Gasteiger charge is -2.16. The summed E-state index contributed by atoms with van der Waals surface area (Å²) in [6.07, 6.45) is -4.10. The first-order valence-corrected chi connectivity index (χ1v) is 6.14. The number of aliphatic hydroxyl groups is 1. The maximum absolute atomic E-state index is 12.6. The summed E-state index contributed by atoms with van der Waals surface area (Å²) in [5.74, 6) is 0. The van der Waals surface area contributed by atoms with Gasteiger partial charge in [-0.15, -0.1) is 0 Å². The summed E-state index contributed by atoms with van der Waals surface area (Å²) in [5, 5.41) is 10.5. The molecule has 6 heteroatoms. The second-order valence-electron chi connectivity index (χ2n) is 4.34. The molecule has 106 valence electrons. The molecule has 0 spiro atoms. The Morgan fingerprint density at radius 2 is 1.95 bits per heavy atom. The van der Waals surface area contributed by atoms with E-state index >= 15 is 0 Å². The fourth-order valence-corrected chi connectivity index (χ4v) is 2.13. The molecular formula is C14H11ClF3NO. The second-order valence-corrected chi connectivity index (χ2v) is 4.75. The van der Waals surface area contributed by atoms with Gasteiger partial charge in [-0.05, 0) is 42.3 Å². The molecule has 1 heterocycles. The van der Waals surface area contributed by atoms with Crippen molar-refractivity contribution in [2.24, 2.45) is 0 Å². The molecule has 0 aliphatic carbocycles. The first-order chi connectivity index (χ1) is 9.30. The Kier molecular flexibility index (Phi) is 4.01. The highest BCUT2D eigenvalue weighted by Crippen LogP contribution is 2.33. The van der Waals surface area contributed by atoms with Crippen molar-refractivity contribution in [2.45, 2.75) is 19.2 Å². The fraction of sp³-hybridized carbons (Fsp3) is 0.214. The number of aromatic nitrogens is 1. The highest BCUT2D eigenvalue weighted by molar-refractivity contribution is 6.31. The number of alkyl halides is 3. The van der Waals surface area contributed by atoms with Crippen LogP contribution in [0.15, 0.2) is 36.5 Å². The molecule has 2 aromatic rings. The number of pyridine rings is 1. The molecule has 1 aromatic heterocycles. The Morgan fingerprint density at radius 1 is 1.25 bits per heavy atom. The van der Waals surface area contributed by atoms with Gasteiger partial charge < -0.3 is 5.11 Å². The van der Waals surface area contributed by atoms with Crippen molar-refractivity contribution < 1.29 is 18.3 Å². The number of halogens is 4. The smallest absolute Gasteiger partial charge is 0.382 e. The third kappa shape index (κ3) is 2.94. The fourth-order valence-electron chi connectivity index (χ4n) is 1.91. The number of aliphatic hydroxyl groups excluding tert-OH is 1. The third-order valence-corrected chi connectivity index (χ3v) is 3.26. The van der Waals surface area contributed by atoms with Crippen LogP contribution >= 0.6 is 11.6 Å². The maximum Gasteiger partial charge on any atom is 0.416 e. The van der Waals surface area contributed by atoms with Crippen LogP contribution in [0.3, 0.4) is 0 Å². The highest BCUT2D eigenvalue weighted by Gasteiger charge is 2.31. The van der Waals surface area contributed by atoms with Crippen molar-refractivity contribution in [1.82, 2.24) is 4.98 Å². The van der Waals surface area contributed by atoms with Gasteiger partial charge in [0.15, 0.2) is 0 Å². The Morgan fingerprint density at radius 3 is 2.50 bits per heavy atom. The molecule has 0 aliphatic rings. The van der Waals surface area contributed by atoms with Crippen LogP contribution in [0.5, 0.6) is 0 Å². The van der Waals surface area contributed by atoms with Gasteiger partial charge in [-0.1, -0.05) is 17.7 Å². The summed E-state index contributed by atoms with van der Waals surface area (Å²) in [6.45, 7) is 1.50. The summed E-state index contributed by atoms with van der Waals surface area (Å²) >= 11 is 5.92. The minimum Gasteiger partial charge on any atom is -0.382 e. The molecule has 0 amide bonds. The standard InChI is InChI=1S/C14H11ClF3NO/c1-8-7-9(14(16,17)18)4-5-10(8)13(20)12-11(15)3-2-6-19-12/h2-7,13,20H,1H3. The number of aryl methyl sites for hydroxylation is 1. The van der Waals surface area contributed by atoms with Gasteiger partial charge in [0.25, 0.3) is 0 Å². The Hall–Kier alpha value is -1.59. The molecule has 0 saturated carbocycles. The highest BCUT2D eigenvalue weighted by atomic mass is 35.5. The van der Waals surface area contributed by atoms with Gasteiger partial charge in [0, 0.05) is 6.20 Å². The molecule has 1 atom stereocenters. The molecular weight excluding hydrogens is 291 g/mol. The number of nitrogens with zero attached hydrogens (tertiary/aromatic N) is 1. The van der Waals surface area contributed by atoms with E-state index in [4.69, 9.17) is 11.6 Å². The molecule has 2 rings (SSSR count). The molecule has 0 aliphatic heterocycles. The zero-order valence-corrected chi connectivity index (χ0v) is 11.2. The third-order valence-electron chi connectivity index (χ3n) is 2.94. The molecule has 1 aromatic carbocycles. The van der Waals surface area contributed by atoms with Crippen molar-refractivity contribution in [3.63, 3.8) is 0 Å². The van der Waals surface area contributed by atoms with E-state index in [9.17, 15) is 18.3 Å². The van der Waals surface area contributed by atoms with E-state index in [-0.39, 0.29) is 10.7 Å². The van der Waals surface area contributed by atoms with Gasteiger partial charge in [-0.2, -0.15) is 13.2 Å². The van der Waals surface area contributed by atoms with Crippen LogP contribution in [-0.2, 0) is 6.18 Å². The topological polar surface area (TPSA) is 33.1 Å². The molecule has 20 heavy (non-hydrogen) atoms. The molecule has 0 bridgehead atoms. The molecule has 2 nitrogen and oxygen atoms in total. The first-order valence-electron chi connectivity index (χ1n) is 5.77. The average Bonchev–Trinajstić information content (AvgIpc) is 2.37. The van der Waals surface area contributed by atoms with Crippen molar-refractivity contribution in [3.8, 4) is 0 Å². The molecule has 1 N–H and O–H groups in total. The number of benzene rings is 1. The van der Waals surface area contributed by atoms with Crippen molar-refractivity contribution >= 4 is 11.6 Å². The van der Waals surface area contributed by atoms with E-state index < -0.39 is 17.8 Å². The van der Waals surface area contributed by atoms with Crippen molar-refractivity contribution in [1.29, 1.82) is 0 Å². The van der Waals surface area contributed by atoms with Crippen LogP contribution in [0.25, 0.3) is 0 Å². The average molecular weight is 302 g/mol. The maximum atomic E-state index is 12.6. The lowest BCUT2D eigenvalue weighted by Crippen LogP contribution is -2.09. The zero-order chi connectivity index (χ0) is 14.9. The predicted octanol–water partition coefficient (Wildman–Crippen LogP) is 4.14.